The fourth-order valence-electron chi connectivity index (χ4n) is 1.21. The maximum atomic E-state index is 5.85. The first-order valence-corrected chi connectivity index (χ1v) is 5.49. The molecule has 1 aromatic rings. The van der Waals surface area contributed by atoms with E-state index in [0.29, 0.717) is 17.3 Å². The first kappa shape index (κ1) is 12.1. The van der Waals surface area contributed by atoms with Crippen LogP contribution in [0.25, 0.3) is 0 Å². The van der Waals surface area contributed by atoms with E-state index in [9.17, 15) is 0 Å². The quantitative estimate of drug-likeness (QED) is 0.581. The number of halogens is 1. The Hall–Kier alpha value is -0.930. The minimum Gasteiger partial charge on any atom is -0.494 e. The monoisotopic (exact) mass is 228 g/mol. The standard InChI is InChI=1S/C11H17ClN2O/c12-10-8-9(4-5-11(10)14)15-7-3-1-2-6-13/h4-5,8H,1-3,6-7,13-14H2. The van der Waals surface area contributed by atoms with Crippen molar-refractivity contribution in [3.8, 4) is 5.75 Å². The summed E-state index contributed by atoms with van der Waals surface area (Å²) >= 11 is 5.85. The maximum Gasteiger partial charge on any atom is 0.120 e. The second-order valence-electron chi connectivity index (χ2n) is 3.38. The van der Waals surface area contributed by atoms with Crippen molar-refractivity contribution in [3.05, 3.63) is 23.2 Å². The molecule has 0 aromatic heterocycles. The van der Waals surface area contributed by atoms with E-state index in [0.717, 1.165) is 31.6 Å². The Kier molecular flexibility index (Phi) is 5.29. The Morgan fingerprint density at radius 3 is 2.67 bits per heavy atom. The zero-order valence-electron chi connectivity index (χ0n) is 8.71. The van der Waals surface area contributed by atoms with Crippen LogP contribution in [-0.4, -0.2) is 13.2 Å². The third-order valence-electron chi connectivity index (χ3n) is 2.09. The molecule has 4 heteroatoms. The van der Waals surface area contributed by atoms with E-state index in [1.165, 1.54) is 0 Å². The molecule has 0 aliphatic rings. The number of benzene rings is 1. The maximum absolute atomic E-state index is 5.85. The second kappa shape index (κ2) is 6.53. The highest BCUT2D eigenvalue weighted by Crippen LogP contribution is 2.24. The summed E-state index contributed by atoms with van der Waals surface area (Å²) in [5.74, 6) is 0.766. The molecule has 0 radical (unpaired) electrons. The van der Waals surface area contributed by atoms with E-state index in [4.69, 9.17) is 27.8 Å². The lowest BCUT2D eigenvalue weighted by atomic mass is 10.2. The third-order valence-corrected chi connectivity index (χ3v) is 2.42. The molecule has 4 N–H and O–H groups in total. The van der Waals surface area contributed by atoms with E-state index < -0.39 is 0 Å². The predicted octanol–water partition coefficient (Wildman–Crippen LogP) is 2.43. The van der Waals surface area contributed by atoms with Gasteiger partial charge in [0.25, 0.3) is 0 Å². The second-order valence-corrected chi connectivity index (χ2v) is 3.79. The number of hydrogen-bond acceptors (Lipinski definition) is 3. The van der Waals surface area contributed by atoms with Crippen LogP contribution in [0.15, 0.2) is 18.2 Å². The van der Waals surface area contributed by atoms with E-state index >= 15 is 0 Å². The fraction of sp³-hybridized carbons (Fsp3) is 0.455. The van der Waals surface area contributed by atoms with Crippen molar-refractivity contribution in [2.45, 2.75) is 19.3 Å². The van der Waals surface area contributed by atoms with E-state index in [-0.39, 0.29) is 0 Å². The topological polar surface area (TPSA) is 61.3 Å². The molecule has 3 nitrogen and oxygen atoms in total. The van der Waals surface area contributed by atoms with Crippen molar-refractivity contribution < 1.29 is 4.74 Å². The Balaban J connectivity index is 2.28. The van der Waals surface area contributed by atoms with Crippen LogP contribution >= 0.6 is 11.6 Å². The van der Waals surface area contributed by atoms with Crippen molar-refractivity contribution in [3.63, 3.8) is 0 Å². The summed E-state index contributed by atoms with van der Waals surface area (Å²) in [6.45, 7) is 1.44. The zero-order chi connectivity index (χ0) is 11.1. The number of anilines is 1. The Labute approximate surface area is 95.4 Å². The summed E-state index contributed by atoms with van der Waals surface area (Å²) in [7, 11) is 0. The molecule has 0 amide bonds. The van der Waals surface area contributed by atoms with E-state index in [2.05, 4.69) is 0 Å². The summed E-state index contributed by atoms with van der Waals surface area (Å²) in [4.78, 5) is 0. The highest BCUT2D eigenvalue weighted by molar-refractivity contribution is 6.33. The van der Waals surface area contributed by atoms with Crippen molar-refractivity contribution in [1.29, 1.82) is 0 Å². The van der Waals surface area contributed by atoms with Gasteiger partial charge in [-0.2, -0.15) is 0 Å². The van der Waals surface area contributed by atoms with Crippen LogP contribution in [0.2, 0.25) is 5.02 Å². The van der Waals surface area contributed by atoms with Gasteiger partial charge in [0.05, 0.1) is 17.3 Å². The minimum atomic E-state index is 0.537. The van der Waals surface area contributed by atoms with Crippen LogP contribution in [0.4, 0.5) is 5.69 Å². The Morgan fingerprint density at radius 2 is 2.00 bits per heavy atom. The van der Waals surface area contributed by atoms with Gasteiger partial charge in [0.1, 0.15) is 5.75 Å². The van der Waals surface area contributed by atoms with Gasteiger partial charge >= 0.3 is 0 Å². The summed E-state index contributed by atoms with van der Waals surface area (Å²) in [5.41, 5.74) is 11.5. The molecule has 0 atom stereocenters. The molecular formula is C11H17ClN2O. The van der Waals surface area contributed by atoms with Gasteiger partial charge in [-0.3, -0.25) is 0 Å². The normalized spacial score (nSPS) is 10.3. The molecule has 1 aromatic carbocycles. The van der Waals surface area contributed by atoms with Gasteiger partial charge in [0.15, 0.2) is 0 Å². The molecule has 0 spiro atoms. The highest BCUT2D eigenvalue weighted by Gasteiger charge is 1.98. The number of unbranched alkanes of at least 4 members (excludes halogenated alkanes) is 2. The van der Waals surface area contributed by atoms with E-state index in [1.54, 1.807) is 12.1 Å². The lowest BCUT2D eigenvalue weighted by Gasteiger charge is -2.07. The molecule has 0 unspecified atom stereocenters. The van der Waals surface area contributed by atoms with Crippen LogP contribution in [0.1, 0.15) is 19.3 Å². The smallest absolute Gasteiger partial charge is 0.120 e. The van der Waals surface area contributed by atoms with Crippen LogP contribution in [0.5, 0.6) is 5.75 Å². The molecule has 0 heterocycles. The van der Waals surface area contributed by atoms with Gasteiger partial charge in [0.2, 0.25) is 0 Å². The molecule has 0 fully saturated rings. The van der Waals surface area contributed by atoms with Gasteiger partial charge in [-0.1, -0.05) is 11.6 Å². The van der Waals surface area contributed by atoms with Crippen molar-refractivity contribution in [1.82, 2.24) is 0 Å². The fourth-order valence-corrected chi connectivity index (χ4v) is 1.38. The van der Waals surface area contributed by atoms with Gasteiger partial charge < -0.3 is 16.2 Å². The van der Waals surface area contributed by atoms with Crippen molar-refractivity contribution >= 4 is 17.3 Å². The Morgan fingerprint density at radius 1 is 1.20 bits per heavy atom. The third kappa shape index (κ3) is 4.40. The number of nitrogen functional groups attached to an aromatic ring is 1. The lowest BCUT2D eigenvalue weighted by Crippen LogP contribution is -2.01. The molecule has 0 saturated heterocycles. The molecular weight excluding hydrogens is 212 g/mol. The number of nitrogens with two attached hydrogens (primary N) is 2. The molecule has 15 heavy (non-hydrogen) atoms. The Bertz CT molecular complexity index is 305. The number of ether oxygens (including phenoxy) is 1. The van der Waals surface area contributed by atoms with Crippen LogP contribution in [0, 0.1) is 0 Å². The largest absolute Gasteiger partial charge is 0.494 e. The molecule has 0 bridgehead atoms. The average molecular weight is 229 g/mol. The lowest BCUT2D eigenvalue weighted by molar-refractivity contribution is 0.306. The molecule has 84 valence electrons. The highest BCUT2D eigenvalue weighted by atomic mass is 35.5. The summed E-state index contributed by atoms with van der Waals surface area (Å²) in [6.07, 6.45) is 3.16. The minimum absolute atomic E-state index is 0.537. The van der Waals surface area contributed by atoms with E-state index in [1.807, 2.05) is 6.07 Å². The first-order valence-electron chi connectivity index (χ1n) is 5.12. The molecule has 0 saturated carbocycles. The summed E-state index contributed by atoms with van der Waals surface area (Å²) in [6, 6.07) is 5.31. The van der Waals surface area contributed by atoms with Crippen LogP contribution in [-0.2, 0) is 0 Å². The van der Waals surface area contributed by atoms with Crippen LogP contribution < -0.4 is 16.2 Å². The molecule has 1 rings (SSSR count). The number of hydrogen-bond donors (Lipinski definition) is 2. The molecule has 0 aliphatic carbocycles. The summed E-state index contributed by atoms with van der Waals surface area (Å²) in [5, 5.41) is 0.537. The first-order chi connectivity index (χ1) is 7.24. The number of rotatable bonds is 6. The predicted molar refractivity (Wildman–Crippen MR) is 64.3 cm³/mol. The molecule has 0 aliphatic heterocycles. The summed E-state index contributed by atoms with van der Waals surface area (Å²) < 4.78 is 5.51. The zero-order valence-corrected chi connectivity index (χ0v) is 9.46. The van der Waals surface area contributed by atoms with Gasteiger partial charge in [-0.15, -0.1) is 0 Å². The SMILES string of the molecule is NCCCCCOc1ccc(N)c(Cl)c1. The van der Waals surface area contributed by atoms with Crippen molar-refractivity contribution in [2.75, 3.05) is 18.9 Å². The van der Waals surface area contributed by atoms with Gasteiger partial charge in [-0.05, 0) is 37.9 Å². The van der Waals surface area contributed by atoms with Gasteiger partial charge in [0, 0.05) is 6.07 Å². The van der Waals surface area contributed by atoms with Crippen LogP contribution in [0.3, 0.4) is 0 Å². The van der Waals surface area contributed by atoms with Gasteiger partial charge in [-0.25, -0.2) is 0 Å². The van der Waals surface area contributed by atoms with Crippen molar-refractivity contribution in [2.24, 2.45) is 5.73 Å². The average Bonchev–Trinajstić information content (AvgIpc) is 2.23.